The molecule has 0 aliphatic carbocycles. The molecule has 6 nitrogen and oxygen atoms in total. The van der Waals surface area contributed by atoms with Gasteiger partial charge in [-0.3, -0.25) is 21.0 Å². The third-order valence-electron chi connectivity index (χ3n) is 3.23. The molecule has 2 aromatic carbocycles. The minimum atomic E-state index is -4.66. The summed E-state index contributed by atoms with van der Waals surface area (Å²) in [5, 5.41) is 14.1. The van der Waals surface area contributed by atoms with Gasteiger partial charge in [-0.05, 0) is 36.5 Å². The van der Waals surface area contributed by atoms with Gasteiger partial charge >= 0.3 is 6.18 Å². The van der Waals surface area contributed by atoms with Crippen molar-refractivity contribution in [1.82, 2.24) is 10.7 Å². The van der Waals surface area contributed by atoms with Crippen molar-refractivity contribution in [3.8, 4) is 0 Å². The second-order valence-electron chi connectivity index (χ2n) is 5.15. The van der Waals surface area contributed by atoms with Gasteiger partial charge in [0.2, 0.25) is 0 Å². The molecule has 0 saturated heterocycles. The zero-order valence-corrected chi connectivity index (χ0v) is 15.4. The third-order valence-corrected chi connectivity index (χ3v) is 4.49. The number of nitrogens with zero attached hydrogens (tertiary/aromatic N) is 1. The summed E-state index contributed by atoms with van der Waals surface area (Å²) < 4.78 is 38.0. The minimum Gasteiger partial charge on any atom is -0.361 e. The first kappa shape index (κ1) is 20.8. The summed E-state index contributed by atoms with van der Waals surface area (Å²) in [6.07, 6.45) is -4.66. The first-order valence-electron chi connectivity index (χ1n) is 7.60. The summed E-state index contributed by atoms with van der Waals surface area (Å²) in [6, 6.07) is 11.9. The average Bonchev–Trinajstić information content (AvgIpc) is 2.63. The molecule has 0 atom stereocenters. The van der Waals surface area contributed by atoms with Gasteiger partial charge in [0.25, 0.3) is 5.69 Å². The lowest BCUT2D eigenvalue weighted by atomic mass is 10.1. The largest absolute Gasteiger partial charge is 0.416 e. The maximum atomic E-state index is 12.7. The molecule has 3 N–H and O–H groups in total. The van der Waals surface area contributed by atoms with E-state index in [1.807, 2.05) is 30.3 Å². The number of halogens is 3. The lowest BCUT2D eigenvalue weighted by molar-refractivity contribution is -0.384. The maximum Gasteiger partial charge on any atom is 0.416 e. The molecule has 2 aromatic rings. The number of hydrogen-bond donors (Lipinski definition) is 3. The van der Waals surface area contributed by atoms with E-state index in [-0.39, 0.29) is 10.8 Å². The highest BCUT2D eigenvalue weighted by Crippen LogP contribution is 2.34. The Morgan fingerprint density at radius 3 is 2.52 bits per heavy atom. The highest BCUT2D eigenvalue weighted by molar-refractivity contribution is 7.99. The Labute approximate surface area is 162 Å². The number of thioether (sulfide) groups is 1. The number of nitrogens with one attached hydrogen (secondary N) is 3. The van der Waals surface area contributed by atoms with Gasteiger partial charge in [-0.2, -0.15) is 13.2 Å². The van der Waals surface area contributed by atoms with Crippen LogP contribution in [0.4, 0.5) is 24.5 Å². The highest BCUT2D eigenvalue weighted by atomic mass is 32.2. The van der Waals surface area contributed by atoms with Gasteiger partial charge in [0.05, 0.1) is 10.5 Å². The van der Waals surface area contributed by atoms with Crippen LogP contribution in [-0.2, 0) is 6.18 Å². The zero-order chi connectivity index (χ0) is 19.9. The molecule has 0 bridgehead atoms. The number of rotatable bonds is 7. The van der Waals surface area contributed by atoms with Crippen LogP contribution in [0.3, 0.4) is 0 Å². The van der Waals surface area contributed by atoms with Gasteiger partial charge in [0.1, 0.15) is 5.69 Å². The van der Waals surface area contributed by atoms with Gasteiger partial charge < -0.3 is 5.32 Å². The molecule has 0 radical (unpaired) electrons. The predicted molar refractivity (Wildman–Crippen MR) is 103 cm³/mol. The topological polar surface area (TPSA) is 79.2 Å². The Kier molecular flexibility index (Phi) is 7.25. The second kappa shape index (κ2) is 9.42. The fourth-order valence-electron chi connectivity index (χ4n) is 1.98. The van der Waals surface area contributed by atoms with Crippen molar-refractivity contribution in [3.63, 3.8) is 0 Å². The molecular formula is C16H15F3N4O2S2. The molecule has 0 saturated carbocycles. The molecule has 0 heterocycles. The summed E-state index contributed by atoms with van der Waals surface area (Å²) in [4.78, 5) is 11.2. The maximum absolute atomic E-state index is 12.7. The van der Waals surface area contributed by atoms with Crippen molar-refractivity contribution in [3.05, 3.63) is 64.2 Å². The van der Waals surface area contributed by atoms with Gasteiger partial charge in [-0.15, -0.1) is 11.8 Å². The van der Waals surface area contributed by atoms with Crippen LogP contribution in [0.15, 0.2) is 53.4 Å². The fraction of sp³-hybridized carbons (Fsp3) is 0.188. The quantitative estimate of drug-likeness (QED) is 0.205. The highest BCUT2D eigenvalue weighted by Gasteiger charge is 2.33. The minimum absolute atomic E-state index is 0.129. The number of hydrazine groups is 1. The van der Waals surface area contributed by atoms with Crippen molar-refractivity contribution in [2.45, 2.75) is 11.1 Å². The normalized spacial score (nSPS) is 10.9. The molecule has 0 fully saturated rings. The smallest absolute Gasteiger partial charge is 0.361 e. The van der Waals surface area contributed by atoms with Crippen LogP contribution in [0.1, 0.15) is 5.56 Å². The van der Waals surface area contributed by atoms with Crippen LogP contribution in [-0.4, -0.2) is 22.3 Å². The predicted octanol–water partition coefficient (Wildman–Crippen LogP) is 4.20. The monoisotopic (exact) mass is 416 g/mol. The standard InChI is InChI=1S/C16H15F3N4O2S2/c17-16(18,19)11-6-7-13(14(10-11)23(24)25)21-22-15(26)20-8-9-27-12-4-2-1-3-5-12/h1-7,10,21H,8-9H2,(H2,20,22,26). The number of nitro groups is 1. The Bertz CT molecular complexity index is 804. The van der Waals surface area contributed by atoms with E-state index in [9.17, 15) is 23.3 Å². The van der Waals surface area contributed by atoms with E-state index >= 15 is 0 Å². The van der Waals surface area contributed by atoms with E-state index in [1.165, 1.54) is 0 Å². The molecule has 0 unspecified atom stereocenters. The molecule has 0 amide bonds. The Morgan fingerprint density at radius 2 is 1.89 bits per heavy atom. The van der Waals surface area contributed by atoms with Crippen LogP contribution < -0.4 is 16.2 Å². The summed E-state index contributed by atoms with van der Waals surface area (Å²) in [5.41, 5.74) is 3.05. The van der Waals surface area contributed by atoms with E-state index < -0.39 is 22.4 Å². The molecule has 144 valence electrons. The summed E-state index contributed by atoms with van der Waals surface area (Å²) in [7, 11) is 0. The number of hydrogen-bond acceptors (Lipinski definition) is 5. The van der Waals surface area contributed by atoms with Crippen molar-refractivity contribution in [1.29, 1.82) is 0 Å². The van der Waals surface area contributed by atoms with Crippen molar-refractivity contribution in [2.24, 2.45) is 0 Å². The summed E-state index contributed by atoms with van der Waals surface area (Å²) in [5.74, 6) is 0.728. The van der Waals surface area contributed by atoms with E-state index in [1.54, 1.807) is 11.8 Å². The Hall–Kier alpha value is -2.53. The molecule has 0 spiro atoms. The number of alkyl halides is 3. The van der Waals surface area contributed by atoms with Crippen molar-refractivity contribution >= 4 is 40.5 Å². The second-order valence-corrected chi connectivity index (χ2v) is 6.73. The molecule has 0 aliphatic heterocycles. The first-order valence-corrected chi connectivity index (χ1v) is 9.00. The Balaban J connectivity index is 1.84. The molecule has 11 heteroatoms. The van der Waals surface area contributed by atoms with Crippen LogP contribution in [0, 0.1) is 10.1 Å². The van der Waals surface area contributed by atoms with E-state index in [4.69, 9.17) is 12.2 Å². The third kappa shape index (κ3) is 6.61. The molecule has 0 aliphatic rings. The summed E-state index contributed by atoms with van der Waals surface area (Å²) in [6.45, 7) is 0.530. The van der Waals surface area contributed by atoms with E-state index in [0.717, 1.165) is 22.8 Å². The van der Waals surface area contributed by atoms with E-state index in [2.05, 4.69) is 16.2 Å². The average molecular weight is 416 g/mol. The van der Waals surface area contributed by atoms with Crippen LogP contribution >= 0.6 is 24.0 Å². The first-order chi connectivity index (χ1) is 12.8. The van der Waals surface area contributed by atoms with E-state index in [0.29, 0.717) is 12.6 Å². The molecule has 0 aromatic heterocycles. The molecular weight excluding hydrogens is 401 g/mol. The number of anilines is 1. The van der Waals surface area contributed by atoms with Gasteiger partial charge in [-0.25, -0.2) is 0 Å². The lowest BCUT2D eigenvalue weighted by Crippen LogP contribution is -2.39. The molecule has 2 rings (SSSR count). The van der Waals surface area contributed by atoms with Gasteiger partial charge in [0.15, 0.2) is 5.11 Å². The lowest BCUT2D eigenvalue weighted by Gasteiger charge is -2.13. The number of thiocarbonyl (C=S) groups is 1. The Morgan fingerprint density at radius 1 is 1.19 bits per heavy atom. The number of benzene rings is 2. The zero-order valence-electron chi connectivity index (χ0n) is 13.7. The summed E-state index contributed by atoms with van der Waals surface area (Å²) >= 11 is 6.65. The van der Waals surface area contributed by atoms with Gasteiger partial charge in [-0.1, -0.05) is 18.2 Å². The fourth-order valence-corrected chi connectivity index (χ4v) is 2.93. The number of nitro benzene ring substituents is 1. The van der Waals surface area contributed by atoms with Crippen LogP contribution in [0.5, 0.6) is 0 Å². The molecule has 27 heavy (non-hydrogen) atoms. The van der Waals surface area contributed by atoms with Crippen molar-refractivity contribution in [2.75, 3.05) is 17.7 Å². The van der Waals surface area contributed by atoms with Gasteiger partial charge in [0, 0.05) is 23.3 Å². The van der Waals surface area contributed by atoms with Crippen LogP contribution in [0.2, 0.25) is 0 Å². The van der Waals surface area contributed by atoms with Crippen molar-refractivity contribution < 1.29 is 18.1 Å². The van der Waals surface area contributed by atoms with Crippen LogP contribution in [0.25, 0.3) is 0 Å². The SMILES string of the molecule is O=[N+]([O-])c1cc(C(F)(F)F)ccc1NNC(=S)NCCSc1ccccc1.